The van der Waals surface area contributed by atoms with Gasteiger partial charge in [0, 0.05) is 29.7 Å². The lowest BCUT2D eigenvalue weighted by molar-refractivity contribution is 0.102. The average Bonchev–Trinajstić information content (AvgIpc) is 2.90. The molecule has 0 unspecified atom stereocenters. The fourth-order valence-corrected chi connectivity index (χ4v) is 3.01. The number of nitriles is 1. The Bertz CT molecular complexity index is 941. The van der Waals surface area contributed by atoms with Gasteiger partial charge in [-0.3, -0.25) is 4.79 Å². The third-order valence-electron chi connectivity index (χ3n) is 3.45. The van der Waals surface area contributed by atoms with Gasteiger partial charge in [-0.25, -0.2) is 9.97 Å². The number of Topliss-reactive ketones (excluding diaryl/α,β-unsaturated/α-hetero) is 1. The number of fused-ring (bicyclic) bond motifs is 1. The van der Waals surface area contributed by atoms with E-state index in [1.807, 2.05) is 48.1 Å². The smallest absolute Gasteiger partial charge is 0.189 e. The largest absolute Gasteiger partial charge is 0.382 e. The van der Waals surface area contributed by atoms with E-state index in [4.69, 9.17) is 11.0 Å². The number of aromatic nitrogens is 3. The number of rotatable bonds is 4. The van der Waals surface area contributed by atoms with Gasteiger partial charge >= 0.3 is 0 Å². The lowest BCUT2D eigenvalue weighted by atomic mass is 10.1. The molecule has 0 bridgehead atoms. The van der Waals surface area contributed by atoms with Crippen LogP contribution in [0.2, 0.25) is 0 Å². The van der Waals surface area contributed by atoms with Crippen molar-refractivity contribution in [3.8, 4) is 6.07 Å². The fourth-order valence-electron chi connectivity index (χ4n) is 2.31. The third-order valence-corrected chi connectivity index (χ3v) is 4.31. The first-order valence-corrected chi connectivity index (χ1v) is 7.81. The van der Waals surface area contributed by atoms with E-state index in [-0.39, 0.29) is 22.9 Å². The normalized spacial score (nSPS) is 10.6. The molecule has 0 aliphatic heterocycles. The Labute approximate surface area is 137 Å². The second-order valence-electron chi connectivity index (χ2n) is 4.95. The van der Waals surface area contributed by atoms with E-state index >= 15 is 0 Å². The van der Waals surface area contributed by atoms with Crippen molar-refractivity contribution < 1.29 is 4.79 Å². The molecule has 0 radical (unpaired) electrons. The van der Waals surface area contributed by atoms with Crippen molar-refractivity contribution in [2.24, 2.45) is 7.05 Å². The van der Waals surface area contributed by atoms with Crippen LogP contribution < -0.4 is 5.73 Å². The summed E-state index contributed by atoms with van der Waals surface area (Å²) in [6.45, 7) is 0. The van der Waals surface area contributed by atoms with E-state index in [2.05, 4.69) is 9.97 Å². The molecule has 2 heterocycles. The Morgan fingerprint density at radius 3 is 2.96 bits per heavy atom. The summed E-state index contributed by atoms with van der Waals surface area (Å²) in [7, 11) is 1.91. The number of benzene rings is 1. The number of para-hydroxylation sites is 1. The van der Waals surface area contributed by atoms with E-state index in [1.54, 1.807) is 0 Å². The lowest BCUT2D eigenvalue weighted by Crippen LogP contribution is -2.04. The zero-order chi connectivity index (χ0) is 16.4. The number of anilines is 1. The second kappa shape index (κ2) is 6.10. The Morgan fingerprint density at radius 2 is 2.22 bits per heavy atom. The molecule has 0 amide bonds. The number of carbonyl (C=O) groups is 1. The maximum atomic E-state index is 12.5. The zero-order valence-electron chi connectivity index (χ0n) is 12.4. The first-order chi connectivity index (χ1) is 11.1. The fraction of sp³-hybridized carbons (Fsp3) is 0.125. The molecule has 114 valence electrons. The molecule has 2 N–H and O–H groups in total. The number of nitrogen functional groups attached to an aromatic ring is 1. The topological polar surface area (TPSA) is 97.6 Å². The first-order valence-electron chi connectivity index (χ1n) is 6.83. The van der Waals surface area contributed by atoms with Gasteiger partial charge in [-0.1, -0.05) is 30.0 Å². The summed E-state index contributed by atoms with van der Waals surface area (Å²) in [5, 5.41) is 10.1. The molecule has 3 rings (SSSR count). The molecular formula is C16H13N5OS. The summed E-state index contributed by atoms with van der Waals surface area (Å²) in [6.07, 6.45) is 3.20. The van der Waals surface area contributed by atoms with Gasteiger partial charge in [0.2, 0.25) is 0 Å². The number of ketones is 1. The van der Waals surface area contributed by atoms with Gasteiger partial charge in [-0.15, -0.1) is 0 Å². The SMILES string of the molecule is Cn1cc(C(=O)CSc2ncc(C#N)c(N)n2)c2ccccc21. The predicted octanol–water partition coefficient (Wildman–Crippen LogP) is 2.40. The highest BCUT2D eigenvalue weighted by Crippen LogP contribution is 2.23. The summed E-state index contributed by atoms with van der Waals surface area (Å²) < 4.78 is 1.93. The average molecular weight is 323 g/mol. The van der Waals surface area contributed by atoms with Crippen molar-refractivity contribution >= 4 is 34.3 Å². The minimum atomic E-state index is -0.00155. The number of nitrogens with two attached hydrogens (primary N) is 1. The van der Waals surface area contributed by atoms with Crippen LogP contribution in [0.1, 0.15) is 15.9 Å². The minimum Gasteiger partial charge on any atom is -0.382 e. The number of hydrogen-bond donors (Lipinski definition) is 1. The van der Waals surface area contributed by atoms with E-state index in [0.717, 1.165) is 10.9 Å². The lowest BCUT2D eigenvalue weighted by Gasteiger charge is -2.01. The molecule has 3 aromatic rings. The summed E-state index contributed by atoms with van der Waals surface area (Å²) in [5.41, 5.74) is 7.57. The number of hydrogen-bond acceptors (Lipinski definition) is 6. The van der Waals surface area contributed by atoms with Crippen LogP contribution >= 0.6 is 11.8 Å². The van der Waals surface area contributed by atoms with Gasteiger partial charge in [0.15, 0.2) is 10.9 Å². The summed E-state index contributed by atoms with van der Waals surface area (Å²) in [5.74, 6) is 0.334. The van der Waals surface area contributed by atoms with Crippen LogP contribution in [0.25, 0.3) is 10.9 Å². The highest BCUT2D eigenvalue weighted by Gasteiger charge is 2.15. The minimum absolute atomic E-state index is 0.00155. The van der Waals surface area contributed by atoms with Crippen LogP contribution in [0.5, 0.6) is 0 Å². The quantitative estimate of drug-likeness (QED) is 0.450. The molecule has 0 saturated heterocycles. The molecule has 0 saturated carbocycles. The molecule has 7 heteroatoms. The maximum absolute atomic E-state index is 12.5. The van der Waals surface area contributed by atoms with Crippen molar-refractivity contribution in [2.45, 2.75) is 5.16 Å². The van der Waals surface area contributed by atoms with E-state index < -0.39 is 0 Å². The summed E-state index contributed by atoms with van der Waals surface area (Å²) in [6, 6.07) is 9.67. The van der Waals surface area contributed by atoms with Crippen molar-refractivity contribution in [2.75, 3.05) is 11.5 Å². The second-order valence-corrected chi connectivity index (χ2v) is 5.89. The van der Waals surface area contributed by atoms with Gasteiger partial charge in [-0.05, 0) is 6.07 Å². The van der Waals surface area contributed by atoms with E-state index in [9.17, 15) is 4.79 Å². The van der Waals surface area contributed by atoms with E-state index in [1.165, 1.54) is 18.0 Å². The van der Waals surface area contributed by atoms with Crippen LogP contribution in [0.3, 0.4) is 0 Å². The number of thioether (sulfide) groups is 1. The summed E-state index contributed by atoms with van der Waals surface area (Å²) >= 11 is 1.20. The number of aryl methyl sites for hydroxylation is 1. The van der Waals surface area contributed by atoms with Gasteiger partial charge in [0.1, 0.15) is 17.5 Å². The maximum Gasteiger partial charge on any atom is 0.189 e. The van der Waals surface area contributed by atoms with Gasteiger partial charge < -0.3 is 10.3 Å². The Kier molecular flexibility index (Phi) is 4.00. The highest BCUT2D eigenvalue weighted by atomic mass is 32.2. The molecule has 2 aromatic heterocycles. The zero-order valence-corrected chi connectivity index (χ0v) is 13.2. The van der Waals surface area contributed by atoms with Crippen molar-refractivity contribution in [3.05, 3.63) is 47.8 Å². The Balaban J connectivity index is 1.79. The highest BCUT2D eigenvalue weighted by molar-refractivity contribution is 7.99. The summed E-state index contributed by atoms with van der Waals surface area (Å²) in [4.78, 5) is 20.5. The van der Waals surface area contributed by atoms with Crippen molar-refractivity contribution in [3.63, 3.8) is 0 Å². The van der Waals surface area contributed by atoms with Gasteiger partial charge in [-0.2, -0.15) is 5.26 Å². The van der Waals surface area contributed by atoms with Crippen LogP contribution in [0.4, 0.5) is 5.82 Å². The molecule has 0 aliphatic carbocycles. The van der Waals surface area contributed by atoms with Crippen LogP contribution in [-0.2, 0) is 7.05 Å². The molecular weight excluding hydrogens is 310 g/mol. The molecule has 23 heavy (non-hydrogen) atoms. The molecule has 1 aromatic carbocycles. The number of nitrogens with zero attached hydrogens (tertiary/aromatic N) is 4. The molecule has 0 spiro atoms. The van der Waals surface area contributed by atoms with Crippen LogP contribution in [0, 0.1) is 11.3 Å². The Hall–Kier alpha value is -2.85. The van der Waals surface area contributed by atoms with Crippen LogP contribution in [0.15, 0.2) is 41.8 Å². The molecule has 0 aliphatic rings. The van der Waals surface area contributed by atoms with Crippen molar-refractivity contribution in [1.29, 1.82) is 5.26 Å². The van der Waals surface area contributed by atoms with Crippen LogP contribution in [-0.4, -0.2) is 26.1 Å². The Morgan fingerprint density at radius 1 is 1.43 bits per heavy atom. The van der Waals surface area contributed by atoms with E-state index in [0.29, 0.717) is 10.7 Å². The third kappa shape index (κ3) is 2.89. The van der Waals surface area contributed by atoms with Gasteiger partial charge in [0.05, 0.1) is 11.9 Å². The molecule has 0 fully saturated rings. The number of carbonyl (C=O) groups excluding carboxylic acids is 1. The van der Waals surface area contributed by atoms with Crippen molar-refractivity contribution in [1.82, 2.24) is 14.5 Å². The first kappa shape index (κ1) is 15.1. The van der Waals surface area contributed by atoms with Gasteiger partial charge in [0.25, 0.3) is 0 Å². The molecule has 6 nitrogen and oxygen atoms in total. The standard InChI is InChI=1S/C16H13N5OS/c1-21-8-12(11-4-2-3-5-13(11)21)14(22)9-23-16-19-7-10(6-17)15(18)20-16/h2-5,7-8H,9H2,1H3,(H2,18,19,20). The molecule has 0 atom stereocenters. The monoisotopic (exact) mass is 323 g/mol. The predicted molar refractivity (Wildman–Crippen MR) is 89.1 cm³/mol.